The Hall–Kier alpha value is -1.10. The standard InChI is InChI=1S/C16H26N2O3/c1-21-16(20)14-10-13(14)15(19)18-8-6-12(7-9-18)17-11-4-2-3-5-11/h11-14,17H,2-10H2,1H3/t13-,14+/m1/s1. The molecule has 2 saturated carbocycles. The van der Waals surface area contributed by atoms with Crippen LogP contribution in [-0.4, -0.2) is 49.1 Å². The first-order valence-electron chi connectivity index (χ1n) is 8.31. The lowest BCUT2D eigenvalue weighted by molar-refractivity contribution is -0.145. The Morgan fingerprint density at radius 2 is 1.62 bits per heavy atom. The smallest absolute Gasteiger partial charge is 0.309 e. The topological polar surface area (TPSA) is 58.6 Å². The highest BCUT2D eigenvalue weighted by Crippen LogP contribution is 2.41. The Labute approximate surface area is 126 Å². The van der Waals surface area contributed by atoms with Crippen LogP contribution in [0.15, 0.2) is 0 Å². The van der Waals surface area contributed by atoms with Crippen LogP contribution < -0.4 is 5.32 Å². The van der Waals surface area contributed by atoms with Crippen molar-refractivity contribution in [2.45, 2.75) is 57.0 Å². The molecule has 1 amide bonds. The third-order valence-electron chi connectivity index (χ3n) is 5.24. The van der Waals surface area contributed by atoms with Crippen molar-refractivity contribution in [2.24, 2.45) is 11.8 Å². The van der Waals surface area contributed by atoms with Gasteiger partial charge in [-0.25, -0.2) is 0 Å². The Morgan fingerprint density at radius 3 is 2.24 bits per heavy atom. The van der Waals surface area contributed by atoms with E-state index in [9.17, 15) is 9.59 Å². The fourth-order valence-electron chi connectivity index (χ4n) is 3.81. The van der Waals surface area contributed by atoms with Crippen LogP contribution in [0.1, 0.15) is 44.9 Å². The normalized spacial score (nSPS) is 30.4. The number of methoxy groups -OCH3 is 1. The highest BCUT2D eigenvalue weighted by molar-refractivity contribution is 5.90. The molecule has 0 spiro atoms. The minimum atomic E-state index is -0.230. The summed E-state index contributed by atoms with van der Waals surface area (Å²) in [6, 6.07) is 1.26. The van der Waals surface area contributed by atoms with Crippen LogP contribution in [0.25, 0.3) is 0 Å². The third kappa shape index (κ3) is 3.39. The zero-order chi connectivity index (χ0) is 14.8. The maximum Gasteiger partial charge on any atom is 0.309 e. The number of hydrogen-bond donors (Lipinski definition) is 1. The number of ether oxygens (including phenoxy) is 1. The zero-order valence-electron chi connectivity index (χ0n) is 12.8. The average Bonchev–Trinajstić information content (AvgIpc) is 3.16. The highest BCUT2D eigenvalue weighted by Gasteiger charge is 2.50. The molecule has 1 heterocycles. The number of piperidine rings is 1. The van der Waals surface area contributed by atoms with Gasteiger partial charge in [-0.1, -0.05) is 12.8 Å². The van der Waals surface area contributed by atoms with E-state index < -0.39 is 0 Å². The second-order valence-corrected chi connectivity index (χ2v) is 6.72. The lowest BCUT2D eigenvalue weighted by Gasteiger charge is -2.34. The fourth-order valence-corrected chi connectivity index (χ4v) is 3.81. The molecule has 1 saturated heterocycles. The predicted molar refractivity (Wildman–Crippen MR) is 78.6 cm³/mol. The van der Waals surface area contributed by atoms with Crippen LogP contribution in [0.2, 0.25) is 0 Å². The highest BCUT2D eigenvalue weighted by atomic mass is 16.5. The van der Waals surface area contributed by atoms with Crippen LogP contribution in [0.3, 0.4) is 0 Å². The van der Waals surface area contributed by atoms with Crippen LogP contribution in [-0.2, 0) is 14.3 Å². The van der Waals surface area contributed by atoms with Crippen LogP contribution in [0.4, 0.5) is 0 Å². The SMILES string of the molecule is COC(=O)[C@H]1C[C@H]1C(=O)N1CCC(NC2CCCC2)CC1. The van der Waals surface area contributed by atoms with E-state index in [-0.39, 0.29) is 23.7 Å². The number of rotatable bonds is 4. The lowest BCUT2D eigenvalue weighted by Crippen LogP contribution is -2.47. The minimum Gasteiger partial charge on any atom is -0.469 e. The Kier molecular flexibility index (Phi) is 4.48. The minimum absolute atomic E-state index is 0.114. The average molecular weight is 294 g/mol. The van der Waals surface area contributed by atoms with E-state index in [2.05, 4.69) is 5.32 Å². The van der Waals surface area contributed by atoms with Crippen molar-refractivity contribution < 1.29 is 14.3 Å². The van der Waals surface area contributed by atoms with Gasteiger partial charge in [0.1, 0.15) is 0 Å². The van der Waals surface area contributed by atoms with E-state index in [1.54, 1.807) is 0 Å². The number of hydrogen-bond acceptors (Lipinski definition) is 4. The molecule has 21 heavy (non-hydrogen) atoms. The summed E-state index contributed by atoms with van der Waals surface area (Å²) in [6.45, 7) is 1.65. The van der Waals surface area contributed by atoms with Gasteiger partial charge in [-0.2, -0.15) is 0 Å². The van der Waals surface area contributed by atoms with Gasteiger partial charge in [0, 0.05) is 25.2 Å². The predicted octanol–water partition coefficient (Wildman–Crippen LogP) is 1.32. The molecule has 5 nitrogen and oxygen atoms in total. The summed E-state index contributed by atoms with van der Waals surface area (Å²) < 4.78 is 4.71. The quantitative estimate of drug-likeness (QED) is 0.795. The Balaban J connectivity index is 1.41. The molecular weight excluding hydrogens is 268 g/mol. The van der Waals surface area contributed by atoms with Crippen molar-refractivity contribution in [2.75, 3.05) is 20.2 Å². The van der Waals surface area contributed by atoms with Gasteiger partial charge in [0.2, 0.25) is 5.91 Å². The van der Waals surface area contributed by atoms with Crippen molar-refractivity contribution in [3.8, 4) is 0 Å². The summed E-state index contributed by atoms with van der Waals surface area (Å²) in [6.07, 6.45) is 8.07. The van der Waals surface area contributed by atoms with Gasteiger partial charge >= 0.3 is 5.97 Å². The van der Waals surface area contributed by atoms with Gasteiger partial charge in [-0.3, -0.25) is 9.59 Å². The van der Waals surface area contributed by atoms with E-state index in [0.717, 1.165) is 25.9 Å². The fraction of sp³-hybridized carbons (Fsp3) is 0.875. The summed E-state index contributed by atoms with van der Waals surface area (Å²) in [7, 11) is 1.39. The largest absolute Gasteiger partial charge is 0.469 e. The summed E-state index contributed by atoms with van der Waals surface area (Å²) in [5.41, 5.74) is 0. The number of nitrogens with one attached hydrogen (secondary N) is 1. The maximum atomic E-state index is 12.3. The molecule has 3 aliphatic rings. The molecule has 1 aliphatic heterocycles. The number of esters is 1. The molecule has 0 unspecified atom stereocenters. The molecule has 5 heteroatoms. The number of carbonyl (C=O) groups is 2. The van der Waals surface area contributed by atoms with Gasteiger partial charge in [-0.05, 0) is 32.1 Å². The molecule has 0 aromatic rings. The molecule has 118 valence electrons. The molecule has 2 aliphatic carbocycles. The first kappa shape index (κ1) is 14.8. The molecule has 0 aromatic heterocycles. The van der Waals surface area contributed by atoms with Crippen molar-refractivity contribution in [1.29, 1.82) is 0 Å². The third-order valence-corrected chi connectivity index (χ3v) is 5.24. The first-order valence-corrected chi connectivity index (χ1v) is 8.31. The van der Waals surface area contributed by atoms with Crippen molar-refractivity contribution >= 4 is 11.9 Å². The van der Waals surface area contributed by atoms with Gasteiger partial charge in [0.25, 0.3) is 0 Å². The number of amides is 1. The Bertz CT molecular complexity index is 398. The van der Waals surface area contributed by atoms with E-state index in [4.69, 9.17) is 4.74 Å². The second kappa shape index (κ2) is 6.34. The van der Waals surface area contributed by atoms with Crippen LogP contribution in [0, 0.1) is 11.8 Å². The first-order chi connectivity index (χ1) is 10.2. The van der Waals surface area contributed by atoms with Crippen LogP contribution >= 0.6 is 0 Å². The molecule has 1 N–H and O–H groups in total. The molecule has 3 rings (SSSR count). The molecule has 0 radical (unpaired) electrons. The van der Waals surface area contributed by atoms with E-state index in [0.29, 0.717) is 18.5 Å². The summed E-state index contributed by atoms with van der Waals surface area (Å²) in [5.74, 6) is -0.371. The maximum absolute atomic E-state index is 12.3. The number of carbonyl (C=O) groups excluding carboxylic acids is 2. The molecule has 3 fully saturated rings. The summed E-state index contributed by atoms with van der Waals surface area (Å²) in [5, 5.41) is 3.75. The van der Waals surface area contributed by atoms with Gasteiger partial charge in [0.05, 0.1) is 18.9 Å². The number of nitrogens with zero attached hydrogens (tertiary/aromatic N) is 1. The zero-order valence-corrected chi connectivity index (χ0v) is 12.8. The molecule has 2 atom stereocenters. The van der Waals surface area contributed by atoms with Gasteiger partial charge in [0.15, 0.2) is 0 Å². The molecule has 0 bridgehead atoms. The monoisotopic (exact) mass is 294 g/mol. The Morgan fingerprint density at radius 1 is 1.00 bits per heavy atom. The van der Waals surface area contributed by atoms with Crippen molar-refractivity contribution in [3.05, 3.63) is 0 Å². The summed E-state index contributed by atoms with van der Waals surface area (Å²) >= 11 is 0. The van der Waals surface area contributed by atoms with Crippen LogP contribution in [0.5, 0.6) is 0 Å². The van der Waals surface area contributed by atoms with E-state index in [1.165, 1.54) is 32.8 Å². The second-order valence-electron chi connectivity index (χ2n) is 6.72. The summed E-state index contributed by atoms with van der Waals surface area (Å²) in [4.78, 5) is 25.7. The lowest BCUT2D eigenvalue weighted by atomic mass is 10.0. The number of likely N-dealkylation sites (tertiary alicyclic amines) is 1. The van der Waals surface area contributed by atoms with E-state index in [1.807, 2.05) is 4.90 Å². The van der Waals surface area contributed by atoms with Gasteiger partial charge in [-0.15, -0.1) is 0 Å². The molecule has 0 aromatic carbocycles. The molecular formula is C16H26N2O3. The van der Waals surface area contributed by atoms with Crippen molar-refractivity contribution in [3.63, 3.8) is 0 Å². The van der Waals surface area contributed by atoms with E-state index >= 15 is 0 Å². The van der Waals surface area contributed by atoms with Crippen molar-refractivity contribution in [1.82, 2.24) is 10.2 Å². The van der Waals surface area contributed by atoms with Gasteiger partial charge < -0.3 is 15.0 Å².